The number of rotatable bonds is 7. The second kappa shape index (κ2) is 7.77. The SMILES string of the molecule is O=C(O)COc1cccc(CNC(=O)CSC(F)(F)F)c1. The lowest BCUT2D eigenvalue weighted by Gasteiger charge is -2.08. The van der Waals surface area contributed by atoms with Gasteiger partial charge in [-0.2, -0.15) is 13.2 Å². The number of carboxylic acids is 1. The molecule has 9 heteroatoms. The molecule has 0 heterocycles. The highest BCUT2D eigenvalue weighted by molar-refractivity contribution is 8.00. The second-order valence-corrected chi connectivity index (χ2v) is 4.88. The minimum absolute atomic E-state index is 0.0293. The molecule has 0 fully saturated rings. The van der Waals surface area contributed by atoms with Gasteiger partial charge in [-0.25, -0.2) is 4.79 Å². The normalized spacial score (nSPS) is 11.0. The van der Waals surface area contributed by atoms with E-state index >= 15 is 0 Å². The van der Waals surface area contributed by atoms with Crippen LogP contribution in [0, 0.1) is 0 Å². The largest absolute Gasteiger partial charge is 0.482 e. The van der Waals surface area contributed by atoms with E-state index in [2.05, 4.69) is 5.32 Å². The molecule has 0 radical (unpaired) electrons. The predicted octanol–water partition coefficient (Wildman–Crippen LogP) is 2.02. The summed E-state index contributed by atoms with van der Waals surface area (Å²) in [5.41, 5.74) is -3.86. The van der Waals surface area contributed by atoms with Crippen LogP contribution in [0.3, 0.4) is 0 Å². The fourth-order valence-electron chi connectivity index (χ4n) is 1.29. The van der Waals surface area contributed by atoms with Crippen LogP contribution in [0.4, 0.5) is 13.2 Å². The number of carboxylic acid groups (broad SMARTS) is 1. The average molecular weight is 323 g/mol. The minimum atomic E-state index is -4.44. The number of halogens is 3. The number of hydrogen-bond donors (Lipinski definition) is 2. The summed E-state index contributed by atoms with van der Waals surface area (Å²) < 4.78 is 40.6. The van der Waals surface area contributed by atoms with Crippen LogP contribution in [0.15, 0.2) is 24.3 Å². The van der Waals surface area contributed by atoms with E-state index in [-0.39, 0.29) is 6.54 Å². The van der Waals surface area contributed by atoms with Crippen LogP contribution in [0.25, 0.3) is 0 Å². The van der Waals surface area contributed by atoms with E-state index in [9.17, 15) is 22.8 Å². The number of carbonyl (C=O) groups excluding carboxylic acids is 1. The average Bonchev–Trinajstić information content (AvgIpc) is 2.40. The van der Waals surface area contributed by atoms with E-state index in [1.165, 1.54) is 12.1 Å². The van der Waals surface area contributed by atoms with E-state index < -0.39 is 41.5 Å². The number of benzene rings is 1. The molecule has 1 aromatic rings. The van der Waals surface area contributed by atoms with E-state index in [1.54, 1.807) is 12.1 Å². The molecule has 0 unspecified atom stereocenters. The molecule has 0 aliphatic rings. The summed E-state index contributed by atoms with van der Waals surface area (Å²) in [6.07, 6.45) is 0. The third-order valence-electron chi connectivity index (χ3n) is 2.12. The van der Waals surface area contributed by atoms with Crippen molar-refractivity contribution in [2.75, 3.05) is 12.4 Å². The molecule has 0 atom stereocenters. The highest BCUT2D eigenvalue weighted by Gasteiger charge is 2.29. The zero-order valence-electron chi connectivity index (χ0n) is 10.6. The lowest BCUT2D eigenvalue weighted by molar-refractivity contribution is -0.139. The van der Waals surface area contributed by atoms with Crippen LogP contribution in [-0.2, 0) is 16.1 Å². The van der Waals surface area contributed by atoms with Gasteiger partial charge in [0.15, 0.2) is 6.61 Å². The quantitative estimate of drug-likeness (QED) is 0.803. The number of hydrogen-bond acceptors (Lipinski definition) is 4. The first-order chi connectivity index (χ1) is 9.76. The molecule has 1 amide bonds. The number of carbonyl (C=O) groups is 2. The molecule has 1 rings (SSSR count). The monoisotopic (exact) mass is 323 g/mol. The third kappa shape index (κ3) is 8.08. The first-order valence-corrected chi connectivity index (χ1v) is 6.66. The fourth-order valence-corrected chi connectivity index (χ4v) is 1.69. The molecule has 0 aromatic heterocycles. The number of aliphatic carboxylic acids is 1. The Morgan fingerprint density at radius 3 is 2.67 bits per heavy atom. The van der Waals surface area contributed by atoms with Gasteiger partial charge in [-0.05, 0) is 29.5 Å². The highest BCUT2D eigenvalue weighted by atomic mass is 32.2. The molecule has 0 aliphatic carbocycles. The molecule has 0 spiro atoms. The topological polar surface area (TPSA) is 75.6 Å². The Bertz CT molecular complexity index is 508. The summed E-state index contributed by atoms with van der Waals surface area (Å²) in [6, 6.07) is 6.25. The van der Waals surface area contributed by atoms with Gasteiger partial charge in [0, 0.05) is 6.54 Å². The van der Waals surface area contributed by atoms with Gasteiger partial charge in [0.1, 0.15) is 5.75 Å². The van der Waals surface area contributed by atoms with Crippen LogP contribution >= 0.6 is 11.8 Å². The van der Waals surface area contributed by atoms with Gasteiger partial charge in [-0.1, -0.05) is 12.1 Å². The summed E-state index contributed by atoms with van der Waals surface area (Å²) >= 11 is -0.411. The second-order valence-electron chi connectivity index (χ2n) is 3.84. The molecule has 2 N–H and O–H groups in total. The van der Waals surface area contributed by atoms with Crippen molar-refractivity contribution in [1.82, 2.24) is 5.32 Å². The first kappa shape index (κ1) is 17.2. The summed E-state index contributed by atoms with van der Waals surface area (Å²) in [7, 11) is 0. The molecule has 0 bridgehead atoms. The molecule has 1 aromatic carbocycles. The van der Waals surface area contributed by atoms with Crippen molar-refractivity contribution in [3.05, 3.63) is 29.8 Å². The Labute approximate surface area is 122 Å². The predicted molar refractivity (Wildman–Crippen MR) is 69.9 cm³/mol. The molecule has 21 heavy (non-hydrogen) atoms. The maximum atomic E-state index is 11.9. The Balaban J connectivity index is 2.42. The molecule has 0 aliphatic heterocycles. The van der Waals surface area contributed by atoms with E-state index in [4.69, 9.17) is 9.84 Å². The molecule has 0 saturated heterocycles. The summed E-state index contributed by atoms with van der Waals surface area (Å²) in [6.45, 7) is -0.473. The number of nitrogens with one attached hydrogen (secondary N) is 1. The number of ether oxygens (including phenoxy) is 1. The molecular formula is C12H12F3NO4S. The van der Waals surface area contributed by atoms with Crippen molar-refractivity contribution in [1.29, 1.82) is 0 Å². The van der Waals surface area contributed by atoms with E-state index in [0.29, 0.717) is 11.3 Å². The van der Waals surface area contributed by atoms with Crippen LogP contribution in [0.5, 0.6) is 5.75 Å². The molecule has 116 valence electrons. The van der Waals surface area contributed by atoms with Crippen molar-refractivity contribution in [3.63, 3.8) is 0 Å². The molecular weight excluding hydrogens is 311 g/mol. The number of alkyl halides is 3. The summed E-state index contributed by atoms with van der Waals surface area (Å²) in [4.78, 5) is 21.6. The molecule has 5 nitrogen and oxygen atoms in total. The van der Waals surface area contributed by atoms with Crippen molar-refractivity contribution in [2.45, 2.75) is 12.1 Å². The Morgan fingerprint density at radius 2 is 2.05 bits per heavy atom. The Kier molecular flexibility index (Phi) is 6.35. The van der Waals surface area contributed by atoms with E-state index in [0.717, 1.165) is 0 Å². The zero-order valence-corrected chi connectivity index (χ0v) is 11.5. The lowest BCUT2D eigenvalue weighted by atomic mass is 10.2. The molecule has 0 saturated carbocycles. The summed E-state index contributed by atoms with van der Waals surface area (Å²) in [5.74, 6) is -2.28. The van der Waals surface area contributed by atoms with Gasteiger partial charge >= 0.3 is 11.5 Å². The van der Waals surface area contributed by atoms with Gasteiger partial charge in [-0.15, -0.1) is 0 Å². The Morgan fingerprint density at radius 1 is 1.33 bits per heavy atom. The van der Waals surface area contributed by atoms with Crippen LogP contribution in [-0.4, -0.2) is 34.9 Å². The fraction of sp³-hybridized carbons (Fsp3) is 0.333. The van der Waals surface area contributed by atoms with Crippen LogP contribution in [0.2, 0.25) is 0 Å². The van der Waals surface area contributed by atoms with Crippen molar-refractivity contribution >= 4 is 23.6 Å². The smallest absolute Gasteiger partial charge is 0.442 e. The van der Waals surface area contributed by atoms with Crippen molar-refractivity contribution in [3.8, 4) is 5.75 Å². The minimum Gasteiger partial charge on any atom is -0.482 e. The summed E-state index contributed by atoms with van der Waals surface area (Å²) in [5, 5.41) is 10.8. The van der Waals surface area contributed by atoms with Gasteiger partial charge in [0.05, 0.1) is 5.75 Å². The maximum absolute atomic E-state index is 11.9. The maximum Gasteiger partial charge on any atom is 0.442 e. The lowest BCUT2D eigenvalue weighted by Crippen LogP contribution is -2.25. The van der Waals surface area contributed by atoms with Crippen molar-refractivity contribution < 1.29 is 32.6 Å². The Hall–Kier alpha value is -1.90. The third-order valence-corrected chi connectivity index (χ3v) is 2.85. The zero-order chi connectivity index (χ0) is 15.9. The van der Waals surface area contributed by atoms with Crippen LogP contribution in [0.1, 0.15) is 5.56 Å². The van der Waals surface area contributed by atoms with Gasteiger partial charge in [0.2, 0.25) is 5.91 Å². The standard InChI is InChI=1S/C12H12F3NO4S/c13-12(14,15)21-7-10(17)16-5-8-2-1-3-9(4-8)20-6-11(18)19/h1-4H,5-7H2,(H,16,17)(H,18,19). The van der Waals surface area contributed by atoms with E-state index in [1.807, 2.05) is 0 Å². The first-order valence-electron chi connectivity index (χ1n) is 5.67. The van der Waals surface area contributed by atoms with Gasteiger partial charge in [0.25, 0.3) is 0 Å². The van der Waals surface area contributed by atoms with Crippen LogP contribution < -0.4 is 10.1 Å². The highest BCUT2D eigenvalue weighted by Crippen LogP contribution is 2.29. The number of amides is 1. The van der Waals surface area contributed by atoms with Gasteiger partial charge in [-0.3, -0.25) is 4.79 Å². The van der Waals surface area contributed by atoms with Gasteiger partial charge < -0.3 is 15.2 Å². The van der Waals surface area contributed by atoms with Crippen molar-refractivity contribution in [2.24, 2.45) is 0 Å². The number of thioether (sulfide) groups is 1.